The van der Waals surface area contributed by atoms with Crippen LogP contribution in [0.2, 0.25) is 0 Å². The smallest absolute Gasteiger partial charge is 0.226 e. The molecule has 0 fully saturated rings. The number of amides is 1. The van der Waals surface area contributed by atoms with Crippen LogP contribution >= 0.6 is 11.3 Å². The Morgan fingerprint density at radius 2 is 2.18 bits per heavy atom. The summed E-state index contributed by atoms with van der Waals surface area (Å²) >= 11 is 1.31. The largest absolute Gasteiger partial charge is 0.328 e. The van der Waals surface area contributed by atoms with Gasteiger partial charge in [0, 0.05) is 30.0 Å². The number of benzene rings is 1. The van der Waals surface area contributed by atoms with Gasteiger partial charge < -0.3 is 11.1 Å². The number of rotatable bonds is 6. The van der Waals surface area contributed by atoms with Gasteiger partial charge in [-0.05, 0) is 31.0 Å². The van der Waals surface area contributed by atoms with E-state index in [1.807, 2.05) is 6.92 Å². The molecule has 7 heteroatoms. The third-order valence-electron chi connectivity index (χ3n) is 2.99. The number of carbonyl (C=O) groups is 1. The molecule has 0 bridgehead atoms. The predicted molar refractivity (Wildman–Crippen MR) is 82.8 cm³/mol. The van der Waals surface area contributed by atoms with E-state index in [9.17, 15) is 13.6 Å². The van der Waals surface area contributed by atoms with Gasteiger partial charge in [0.15, 0.2) is 16.8 Å². The number of aromatic nitrogens is 1. The molecule has 3 N–H and O–H groups in total. The summed E-state index contributed by atoms with van der Waals surface area (Å²) in [6.07, 6.45) is 3.01. The van der Waals surface area contributed by atoms with Crippen molar-refractivity contribution in [2.75, 3.05) is 5.32 Å². The van der Waals surface area contributed by atoms with Crippen molar-refractivity contribution >= 4 is 22.4 Å². The Balaban J connectivity index is 1.93. The van der Waals surface area contributed by atoms with Gasteiger partial charge in [-0.15, -0.1) is 11.3 Å². The van der Waals surface area contributed by atoms with Crippen LogP contribution in [0.4, 0.5) is 13.9 Å². The molecular formula is C15H17F2N3OS. The minimum absolute atomic E-state index is 0.0222. The summed E-state index contributed by atoms with van der Waals surface area (Å²) in [7, 11) is 0. The van der Waals surface area contributed by atoms with Crippen LogP contribution in [0.3, 0.4) is 0 Å². The Morgan fingerprint density at radius 3 is 2.86 bits per heavy atom. The molecule has 0 aliphatic rings. The van der Waals surface area contributed by atoms with E-state index in [4.69, 9.17) is 5.73 Å². The molecule has 0 aliphatic heterocycles. The Morgan fingerprint density at radius 1 is 1.41 bits per heavy atom. The Bertz CT molecular complexity index is 658. The third kappa shape index (κ3) is 4.85. The van der Waals surface area contributed by atoms with Gasteiger partial charge in [0.1, 0.15) is 0 Å². The Labute approximate surface area is 131 Å². The van der Waals surface area contributed by atoms with Gasteiger partial charge in [0.25, 0.3) is 0 Å². The Hall–Kier alpha value is -1.86. The van der Waals surface area contributed by atoms with Crippen LogP contribution in [-0.4, -0.2) is 16.9 Å². The van der Waals surface area contributed by atoms with E-state index < -0.39 is 11.6 Å². The van der Waals surface area contributed by atoms with E-state index in [1.165, 1.54) is 17.4 Å². The summed E-state index contributed by atoms with van der Waals surface area (Å²) in [5.74, 6) is -1.87. The maximum absolute atomic E-state index is 13.2. The topological polar surface area (TPSA) is 68.0 Å². The SMILES string of the molecule is CC(N)CCC(=O)Nc1ncc(Cc2ccc(F)c(F)c2)s1. The average molecular weight is 325 g/mol. The highest BCUT2D eigenvalue weighted by molar-refractivity contribution is 7.15. The summed E-state index contributed by atoms with van der Waals surface area (Å²) in [5, 5.41) is 3.20. The average Bonchev–Trinajstić information content (AvgIpc) is 2.88. The van der Waals surface area contributed by atoms with E-state index in [1.54, 1.807) is 6.20 Å². The molecule has 0 aliphatic carbocycles. The zero-order chi connectivity index (χ0) is 16.1. The van der Waals surface area contributed by atoms with Crippen molar-refractivity contribution in [2.45, 2.75) is 32.2 Å². The van der Waals surface area contributed by atoms with E-state index >= 15 is 0 Å². The molecule has 0 saturated heterocycles. The number of nitrogens with one attached hydrogen (secondary N) is 1. The molecule has 22 heavy (non-hydrogen) atoms. The van der Waals surface area contributed by atoms with Gasteiger partial charge in [-0.1, -0.05) is 6.07 Å². The quantitative estimate of drug-likeness (QED) is 0.857. The lowest BCUT2D eigenvalue weighted by molar-refractivity contribution is -0.116. The summed E-state index contributed by atoms with van der Waals surface area (Å²) in [6.45, 7) is 1.84. The summed E-state index contributed by atoms with van der Waals surface area (Å²) in [5.41, 5.74) is 6.25. The normalized spacial score (nSPS) is 12.2. The van der Waals surface area contributed by atoms with Crippen LogP contribution in [0.25, 0.3) is 0 Å². The molecule has 1 aromatic carbocycles. The molecule has 1 heterocycles. The molecule has 118 valence electrons. The molecule has 1 aromatic heterocycles. The van der Waals surface area contributed by atoms with Gasteiger partial charge in [0.05, 0.1) is 0 Å². The van der Waals surface area contributed by atoms with Crippen LogP contribution in [-0.2, 0) is 11.2 Å². The zero-order valence-corrected chi connectivity index (χ0v) is 12.9. The number of thiazole rings is 1. The molecule has 0 spiro atoms. The van der Waals surface area contributed by atoms with Crippen LogP contribution in [0, 0.1) is 11.6 Å². The second-order valence-electron chi connectivity index (χ2n) is 5.12. The fourth-order valence-electron chi connectivity index (χ4n) is 1.84. The van der Waals surface area contributed by atoms with Gasteiger partial charge in [0.2, 0.25) is 5.91 Å². The van der Waals surface area contributed by atoms with Crippen molar-refractivity contribution in [2.24, 2.45) is 5.73 Å². The molecule has 1 atom stereocenters. The predicted octanol–water partition coefficient (Wildman–Crippen LogP) is 3.08. The maximum atomic E-state index is 13.2. The lowest BCUT2D eigenvalue weighted by Crippen LogP contribution is -2.19. The molecule has 4 nitrogen and oxygen atoms in total. The summed E-state index contributed by atoms with van der Waals surface area (Å²) < 4.78 is 26.0. The standard InChI is InChI=1S/C15H17F2N3OS/c1-9(18)2-5-14(21)20-15-19-8-11(22-15)6-10-3-4-12(16)13(17)7-10/h3-4,7-9H,2,5-6,18H2,1H3,(H,19,20,21). The molecular weight excluding hydrogens is 308 g/mol. The number of carbonyl (C=O) groups excluding carboxylic acids is 1. The number of nitrogens with zero attached hydrogens (tertiary/aromatic N) is 1. The molecule has 2 rings (SSSR count). The van der Waals surface area contributed by atoms with Crippen molar-refractivity contribution in [1.29, 1.82) is 0 Å². The first-order chi connectivity index (χ1) is 10.4. The van der Waals surface area contributed by atoms with E-state index in [0.717, 1.165) is 17.0 Å². The third-order valence-corrected chi connectivity index (χ3v) is 3.90. The number of hydrogen-bond acceptors (Lipinski definition) is 4. The minimum atomic E-state index is -0.869. The minimum Gasteiger partial charge on any atom is -0.328 e. The van der Waals surface area contributed by atoms with Crippen molar-refractivity contribution in [3.8, 4) is 0 Å². The monoisotopic (exact) mass is 325 g/mol. The fourth-order valence-corrected chi connectivity index (χ4v) is 2.70. The van der Waals surface area contributed by atoms with Crippen LogP contribution in [0.1, 0.15) is 30.2 Å². The highest BCUT2D eigenvalue weighted by atomic mass is 32.1. The van der Waals surface area contributed by atoms with Crippen LogP contribution in [0.15, 0.2) is 24.4 Å². The van der Waals surface area contributed by atoms with Crippen molar-refractivity contribution in [3.05, 3.63) is 46.5 Å². The molecule has 0 radical (unpaired) electrons. The summed E-state index contributed by atoms with van der Waals surface area (Å²) in [4.78, 5) is 16.6. The van der Waals surface area contributed by atoms with Crippen molar-refractivity contribution in [3.63, 3.8) is 0 Å². The van der Waals surface area contributed by atoms with E-state index in [-0.39, 0.29) is 11.9 Å². The van der Waals surface area contributed by atoms with Gasteiger partial charge in [-0.2, -0.15) is 0 Å². The molecule has 2 aromatic rings. The lowest BCUT2D eigenvalue weighted by atomic mass is 10.1. The first-order valence-corrected chi connectivity index (χ1v) is 7.69. The van der Waals surface area contributed by atoms with Crippen molar-refractivity contribution in [1.82, 2.24) is 4.98 Å². The Kier molecular flexibility index (Phi) is 5.57. The first-order valence-electron chi connectivity index (χ1n) is 6.88. The molecule has 1 unspecified atom stereocenters. The zero-order valence-electron chi connectivity index (χ0n) is 12.1. The van der Waals surface area contributed by atoms with Gasteiger partial charge in [-0.25, -0.2) is 13.8 Å². The van der Waals surface area contributed by atoms with Gasteiger partial charge >= 0.3 is 0 Å². The molecule has 1 amide bonds. The van der Waals surface area contributed by atoms with Crippen LogP contribution in [0.5, 0.6) is 0 Å². The highest BCUT2D eigenvalue weighted by Crippen LogP contribution is 2.22. The molecule has 0 saturated carbocycles. The second-order valence-corrected chi connectivity index (χ2v) is 6.24. The highest BCUT2D eigenvalue weighted by Gasteiger charge is 2.09. The number of anilines is 1. The van der Waals surface area contributed by atoms with Crippen molar-refractivity contribution < 1.29 is 13.6 Å². The first kappa shape index (κ1) is 16.5. The number of halogens is 2. The van der Waals surface area contributed by atoms with Gasteiger partial charge in [-0.3, -0.25) is 4.79 Å². The number of hydrogen-bond donors (Lipinski definition) is 2. The second kappa shape index (κ2) is 7.42. The van der Waals surface area contributed by atoms with Crippen LogP contribution < -0.4 is 11.1 Å². The van der Waals surface area contributed by atoms with E-state index in [2.05, 4.69) is 10.3 Å². The fraction of sp³-hybridized carbons (Fsp3) is 0.333. The summed E-state index contributed by atoms with van der Waals surface area (Å²) in [6, 6.07) is 3.77. The van der Waals surface area contributed by atoms with E-state index in [0.29, 0.717) is 30.0 Å². The maximum Gasteiger partial charge on any atom is 0.226 e. The lowest BCUT2D eigenvalue weighted by Gasteiger charge is -2.04. The number of nitrogens with two attached hydrogens (primary N) is 1.